The number of hydrogen-bond acceptors (Lipinski definition) is 3. The van der Waals surface area contributed by atoms with Gasteiger partial charge in [0, 0.05) is 10.8 Å². The minimum absolute atomic E-state index is 0.276. The van der Waals surface area contributed by atoms with Gasteiger partial charge >= 0.3 is 5.97 Å². The molecule has 1 heterocycles. The molecule has 0 bridgehead atoms. The molecule has 0 atom stereocenters. The Balaban J connectivity index is 2.40. The van der Waals surface area contributed by atoms with Gasteiger partial charge in [-0.1, -0.05) is 12.1 Å². The van der Waals surface area contributed by atoms with E-state index in [2.05, 4.69) is 4.98 Å². The second kappa shape index (κ2) is 5.22. The number of thiazole rings is 1. The Morgan fingerprint density at radius 2 is 1.76 bits per heavy atom. The molecule has 0 saturated carbocycles. The van der Waals surface area contributed by atoms with E-state index in [0.717, 1.165) is 10.6 Å². The second-order valence-electron chi connectivity index (χ2n) is 6.10. The molecular weight excluding hydrogens is 289 g/mol. The van der Waals surface area contributed by atoms with E-state index in [0.29, 0.717) is 5.69 Å². The molecule has 1 aromatic carbocycles. The Hall–Kier alpha value is -1.75. The fourth-order valence-electron chi connectivity index (χ4n) is 1.95. The van der Waals surface area contributed by atoms with Crippen molar-refractivity contribution in [2.75, 3.05) is 0 Å². The van der Waals surface area contributed by atoms with Gasteiger partial charge in [0.25, 0.3) is 0 Å². The number of carbonyl (C=O) groups is 1. The van der Waals surface area contributed by atoms with Gasteiger partial charge < -0.3 is 5.11 Å². The normalized spacial score (nSPS) is 12.4. The zero-order chi connectivity index (χ0) is 15.8. The van der Waals surface area contributed by atoms with Gasteiger partial charge in [0.15, 0.2) is 0 Å². The average Bonchev–Trinajstić information content (AvgIpc) is 2.89. The molecule has 2 aromatic rings. The van der Waals surface area contributed by atoms with Crippen LogP contribution in [0.4, 0.5) is 4.39 Å². The number of halogens is 1. The Kier molecular flexibility index (Phi) is 3.89. The van der Waals surface area contributed by atoms with Gasteiger partial charge in [-0.3, -0.25) is 4.79 Å². The predicted molar refractivity (Wildman–Crippen MR) is 81.3 cm³/mol. The summed E-state index contributed by atoms with van der Waals surface area (Å²) >= 11 is 1.43. The Morgan fingerprint density at radius 1 is 1.19 bits per heavy atom. The van der Waals surface area contributed by atoms with Gasteiger partial charge in [-0.25, -0.2) is 9.37 Å². The van der Waals surface area contributed by atoms with E-state index in [-0.39, 0.29) is 5.82 Å². The molecule has 0 fully saturated rings. The van der Waals surface area contributed by atoms with Crippen LogP contribution < -0.4 is 0 Å². The van der Waals surface area contributed by atoms with Gasteiger partial charge in [-0.15, -0.1) is 11.3 Å². The molecule has 0 spiro atoms. The quantitative estimate of drug-likeness (QED) is 0.930. The number of carboxylic acid groups (broad SMARTS) is 1. The highest BCUT2D eigenvalue weighted by atomic mass is 32.1. The third-order valence-electron chi connectivity index (χ3n) is 3.78. The average molecular weight is 307 g/mol. The highest BCUT2D eigenvalue weighted by Crippen LogP contribution is 2.36. The summed E-state index contributed by atoms with van der Waals surface area (Å²) in [5, 5.41) is 11.9. The van der Waals surface area contributed by atoms with Gasteiger partial charge in [0.05, 0.1) is 5.69 Å². The largest absolute Gasteiger partial charge is 0.481 e. The minimum atomic E-state index is -1.02. The number of benzene rings is 1. The Morgan fingerprint density at radius 3 is 2.29 bits per heavy atom. The summed E-state index contributed by atoms with van der Waals surface area (Å²) < 4.78 is 13.0. The van der Waals surface area contributed by atoms with E-state index in [1.165, 1.54) is 23.5 Å². The lowest BCUT2D eigenvalue weighted by molar-refractivity contribution is -0.142. The first-order chi connectivity index (χ1) is 9.65. The third kappa shape index (κ3) is 2.83. The minimum Gasteiger partial charge on any atom is -0.481 e. The molecule has 0 saturated heterocycles. The lowest BCUT2D eigenvalue weighted by Crippen LogP contribution is -2.29. The number of nitrogens with zero attached hydrogens (tertiary/aromatic N) is 1. The van der Waals surface area contributed by atoms with Crippen LogP contribution in [0.2, 0.25) is 0 Å². The molecule has 1 aromatic heterocycles. The summed E-state index contributed by atoms with van der Waals surface area (Å²) in [5.41, 5.74) is 0.0712. The van der Waals surface area contributed by atoms with Gasteiger partial charge in [-0.05, 0) is 45.4 Å². The molecule has 0 amide bonds. The second-order valence-corrected chi connectivity index (χ2v) is 6.96. The van der Waals surface area contributed by atoms with Crippen molar-refractivity contribution in [3.8, 4) is 0 Å². The summed E-state index contributed by atoms with van der Waals surface area (Å²) in [6.45, 7) is 7.27. The Labute approximate surface area is 127 Å². The maximum absolute atomic E-state index is 13.0. The van der Waals surface area contributed by atoms with Crippen molar-refractivity contribution in [2.24, 2.45) is 0 Å². The first-order valence-corrected chi connectivity index (χ1v) is 7.49. The van der Waals surface area contributed by atoms with Crippen LogP contribution in [0.5, 0.6) is 0 Å². The van der Waals surface area contributed by atoms with Crippen LogP contribution in [0.3, 0.4) is 0 Å². The monoisotopic (exact) mass is 307 g/mol. The smallest absolute Gasteiger partial charge is 0.315 e. The molecule has 21 heavy (non-hydrogen) atoms. The third-order valence-corrected chi connectivity index (χ3v) is 4.95. The number of aliphatic carboxylic acids is 1. The van der Waals surface area contributed by atoms with Crippen molar-refractivity contribution in [3.63, 3.8) is 0 Å². The first kappa shape index (κ1) is 15.6. The van der Waals surface area contributed by atoms with E-state index in [1.807, 2.05) is 13.8 Å². The van der Waals surface area contributed by atoms with Crippen LogP contribution >= 0.6 is 11.3 Å². The summed E-state index contributed by atoms with van der Waals surface area (Å²) in [7, 11) is 0. The fourth-order valence-corrected chi connectivity index (χ4v) is 3.08. The maximum atomic E-state index is 13.0. The van der Waals surface area contributed by atoms with Crippen LogP contribution in [0, 0.1) is 5.82 Å². The van der Waals surface area contributed by atoms with E-state index < -0.39 is 16.8 Å². The SMILES string of the molecule is CC(C)(C(=O)O)c1csc(C(C)(C)c2ccc(F)cc2)n1. The molecule has 5 heteroatoms. The van der Waals surface area contributed by atoms with Crippen molar-refractivity contribution < 1.29 is 14.3 Å². The summed E-state index contributed by atoms with van der Waals surface area (Å²) in [5.74, 6) is -1.18. The molecule has 0 aliphatic carbocycles. The van der Waals surface area contributed by atoms with E-state index in [9.17, 15) is 14.3 Å². The van der Waals surface area contributed by atoms with Crippen LogP contribution in [0.25, 0.3) is 0 Å². The predicted octanol–water partition coefficient (Wildman–Crippen LogP) is 3.97. The van der Waals surface area contributed by atoms with Crippen LogP contribution in [0.15, 0.2) is 29.6 Å². The van der Waals surface area contributed by atoms with Crippen LogP contribution in [0.1, 0.15) is 44.0 Å². The van der Waals surface area contributed by atoms with E-state index in [4.69, 9.17) is 0 Å². The molecule has 1 N–H and O–H groups in total. The highest BCUT2D eigenvalue weighted by molar-refractivity contribution is 7.09. The zero-order valence-electron chi connectivity index (χ0n) is 12.5. The van der Waals surface area contributed by atoms with Crippen molar-refractivity contribution in [3.05, 3.63) is 51.7 Å². The zero-order valence-corrected chi connectivity index (χ0v) is 13.3. The molecule has 112 valence electrons. The van der Waals surface area contributed by atoms with E-state index >= 15 is 0 Å². The van der Waals surface area contributed by atoms with Gasteiger partial charge in [0.1, 0.15) is 16.2 Å². The summed E-state index contributed by atoms with van der Waals surface area (Å²) in [6.07, 6.45) is 0. The number of aromatic nitrogens is 1. The van der Waals surface area contributed by atoms with Crippen molar-refractivity contribution >= 4 is 17.3 Å². The molecule has 3 nitrogen and oxygen atoms in total. The van der Waals surface area contributed by atoms with Crippen molar-refractivity contribution in [1.29, 1.82) is 0 Å². The number of rotatable bonds is 4. The van der Waals surface area contributed by atoms with Crippen molar-refractivity contribution in [1.82, 2.24) is 4.98 Å². The van der Waals surface area contributed by atoms with Gasteiger partial charge in [-0.2, -0.15) is 0 Å². The van der Waals surface area contributed by atoms with Crippen molar-refractivity contribution in [2.45, 2.75) is 38.5 Å². The topological polar surface area (TPSA) is 50.2 Å². The molecule has 2 rings (SSSR count). The first-order valence-electron chi connectivity index (χ1n) is 6.61. The molecular formula is C16H18FNO2S. The standard InChI is InChI=1S/C16H18FNO2S/c1-15(2,10-5-7-11(17)8-6-10)13-18-12(9-21-13)16(3,4)14(19)20/h5-9H,1-4H3,(H,19,20). The molecule has 0 radical (unpaired) electrons. The maximum Gasteiger partial charge on any atom is 0.315 e. The Bertz CT molecular complexity index is 659. The fraction of sp³-hybridized carbons (Fsp3) is 0.375. The van der Waals surface area contributed by atoms with Crippen LogP contribution in [-0.4, -0.2) is 16.1 Å². The molecule has 0 aliphatic heterocycles. The molecule has 0 aliphatic rings. The van der Waals surface area contributed by atoms with Crippen LogP contribution in [-0.2, 0) is 15.6 Å². The lowest BCUT2D eigenvalue weighted by Gasteiger charge is -2.23. The summed E-state index contributed by atoms with van der Waals surface area (Å²) in [6, 6.07) is 6.32. The molecule has 0 unspecified atom stereocenters. The number of hydrogen-bond donors (Lipinski definition) is 1. The highest BCUT2D eigenvalue weighted by Gasteiger charge is 2.34. The summed E-state index contributed by atoms with van der Waals surface area (Å²) in [4.78, 5) is 15.8. The lowest BCUT2D eigenvalue weighted by atomic mass is 9.85. The van der Waals surface area contributed by atoms with E-state index in [1.54, 1.807) is 31.4 Å². The number of carboxylic acids is 1. The van der Waals surface area contributed by atoms with Gasteiger partial charge in [0.2, 0.25) is 0 Å².